The number of aliphatic carboxylic acids is 1. The highest BCUT2D eigenvalue weighted by Gasteiger charge is 2.47. The monoisotopic (exact) mass is 293 g/mol. The molecule has 1 saturated heterocycles. The topological polar surface area (TPSA) is 49.8 Å². The molecule has 2 aliphatic heterocycles. The third-order valence-corrected chi connectivity index (χ3v) is 4.79. The largest absolute Gasteiger partial charge is 0.488 e. The highest BCUT2D eigenvalue weighted by molar-refractivity contribution is 5.79. The van der Waals surface area contributed by atoms with Crippen molar-refractivity contribution in [2.75, 3.05) is 13.1 Å². The Kier molecular flexibility index (Phi) is 3.61. The van der Waals surface area contributed by atoms with Crippen molar-refractivity contribution in [2.45, 2.75) is 44.2 Å². The zero-order valence-corrected chi connectivity index (χ0v) is 12.1. The molecule has 2 atom stereocenters. The Morgan fingerprint density at radius 3 is 3.10 bits per heavy atom. The van der Waals surface area contributed by atoms with Crippen LogP contribution >= 0.6 is 0 Å². The normalized spacial score (nSPS) is 28.4. The van der Waals surface area contributed by atoms with Gasteiger partial charge in [-0.15, -0.1) is 0 Å². The van der Waals surface area contributed by atoms with Gasteiger partial charge < -0.3 is 9.84 Å². The van der Waals surface area contributed by atoms with Gasteiger partial charge in [-0.05, 0) is 44.0 Å². The van der Waals surface area contributed by atoms with Crippen LogP contribution in [0, 0.1) is 5.82 Å². The van der Waals surface area contributed by atoms with Gasteiger partial charge in [-0.1, -0.05) is 6.92 Å². The van der Waals surface area contributed by atoms with Gasteiger partial charge in [0.05, 0.1) is 0 Å². The van der Waals surface area contributed by atoms with Crippen molar-refractivity contribution in [1.82, 2.24) is 4.90 Å². The molecule has 0 spiro atoms. The zero-order chi connectivity index (χ0) is 15.0. The van der Waals surface area contributed by atoms with Crippen LogP contribution in [0.15, 0.2) is 18.2 Å². The van der Waals surface area contributed by atoms with Crippen LogP contribution < -0.4 is 4.74 Å². The Morgan fingerprint density at radius 2 is 2.38 bits per heavy atom. The van der Waals surface area contributed by atoms with Gasteiger partial charge in [0.25, 0.3) is 0 Å². The lowest BCUT2D eigenvalue weighted by molar-refractivity contribution is -0.150. The molecule has 0 radical (unpaired) electrons. The quantitative estimate of drug-likeness (QED) is 0.926. The van der Waals surface area contributed by atoms with Crippen LogP contribution in [0.1, 0.15) is 31.7 Å². The fourth-order valence-electron chi connectivity index (χ4n) is 3.63. The van der Waals surface area contributed by atoms with Crippen molar-refractivity contribution in [3.05, 3.63) is 29.6 Å². The summed E-state index contributed by atoms with van der Waals surface area (Å²) in [7, 11) is 0. The van der Waals surface area contributed by atoms with E-state index in [2.05, 4.69) is 0 Å². The average Bonchev–Trinajstić information content (AvgIpc) is 3.02. The lowest BCUT2D eigenvalue weighted by atomic mass is 9.92. The number of halogens is 1. The first kappa shape index (κ1) is 14.3. The molecule has 2 aliphatic rings. The van der Waals surface area contributed by atoms with Crippen LogP contribution in [0.5, 0.6) is 5.75 Å². The number of nitrogens with zero attached hydrogens (tertiary/aromatic N) is 1. The maximum Gasteiger partial charge on any atom is 0.324 e. The van der Waals surface area contributed by atoms with Crippen LogP contribution in [-0.2, 0) is 11.2 Å². The minimum atomic E-state index is -0.761. The number of rotatable bonds is 4. The Bertz CT molecular complexity index is 562. The molecule has 2 unspecified atom stereocenters. The lowest BCUT2D eigenvalue weighted by Crippen LogP contribution is -2.52. The molecule has 5 heteroatoms. The molecule has 1 fully saturated rings. The molecule has 1 aromatic rings. The summed E-state index contributed by atoms with van der Waals surface area (Å²) >= 11 is 0. The number of hydrogen-bond donors (Lipinski definition) is 1. The minimum Gasteiger partial charge on any atom is -0.488 e. The number of ether oxygens (including phenoxy) is 1. The van der Waals surface area contributed by atoms with Crippen molar-refractivity contribution < 1.29 is 19.0 Å². The van der Waals surface area contributed by atoms with Crippen LogP contribution in [0.3, 0.4) is 0 Å². The Hall–Kier alpha value is -1.62. The van der Waals surface area contributed by atoms with E-state index in [-0.39, 0.29) is 11.9 Å². The SMILES string of the molecule is CCC1(C(=O)O)CCCN1CC1Cc2cc(F)ccc2O1. The summed E-state index contributed by atoms with van der Waals surface area (Å²) in [5, 5.41) is 9.59. The molecule has 0 bridgehead atoms. The van der Waals surface area contributed by atoms with Crippen molar-refractivity contribution in [2.24, 2.45) is 0 Å². The molecule has 1 aromatic carbocycles. The first-order valence-corrected chi connectivity index (χ1v) is 7.48. The number of benzene rings is 1. The summed E-state index contributed by atoms with van der Waals surface area (Å²) < 4.78 is 19.1. The smallest absolute Gasteiger partial charge is 0.324 e. The van der Waals surface area contributed by atoms with Crippen molar-refractivity contribution in [3.8, 4) is 5.75 Å². The van der Waals surface area contributed by atoms with E-state index < -0.39 is 11.5 Å². The average molecular weight is 293 g/mol. The molecule has 2 heterocycles. The summed E-state index contributed by atoms with van der Waals surface area (Å²) in [4.78, 5) is 13.7. The fraction of sp³-hybridized carbons (Fsp3) is 0.562. The molecular weight excluding hydrogens is 273 g/mol. The molecule has 0 aliphatic carbocycles. The summed E-state index contributed by atoms with van der Waals surface area (Å²) in [5.41, 5.74) is 0.111. The molecule has 0 aromatic heterocycles. The van der Waals surface area contributed by atoms with Gasteiger partial charge in [0.15, 0.2) is 0 Å². The maximum absolute atomic E-state index is 13.2. The lowest BCUT2D eigenvalue weighted by Gasteiger charge is -2.35. The van der Waals surface area contributed by atoms with E-state index in [1.807, 2.05) is 11.8 Å². The molecule has 1 N–H and O–H groups in total. The van der Waals surface area contributed by atoms with E-state index in [0.29, 0.717) is 25.8 Å². The zero-order valence-electron chi connectivity index (χ0n) is 12.1. The third kappa shape index (κ3) is 2.39. The minimum absolute atomic E-state index is 0.0924. The van der Waals surface area contributed by atoms with Crippen molar-refractivity contribution in [1.29, 1.82) is 0 Å². The van der Waals surface area contributed by atoms with Gasteiger partial charge in [0.1, 0.15) is 23.2 Å². The fourth-order valence-corrected chi connectivity index (χ4v) is 3.63. The number of carboxylic acids is 1. The van der Waals surface area contributed by atoms with Crippen molar-refractivity contribution in [3.63, 3.8) is 0 Å². The standard InChI is InChI=1S/C16H20FNO3/c1-2-16(15(19)20)6-3-7-18(16)10-13-9-11-8-12(17)4-5-14(11)21-13/h4-5,8,13H,2-3,6-7,9-10H2,1H3,(H,19,20). The summed E-state index contributed by atoms with van der Waals surface area (Å²) in [6, 6.07) is 4.55. The van der Waals surface area contributed by atoms with E-state index in [1.54, 1.807) is 6.07 Å². The molecule has 3 rings (SSSR count). The van der Waals surface area contributed by atoms with Crippen LogP contribution in [0.25, 0.3) is 0 Å². The van der Waals surface area contributed by atoms with Gasteiger partial charge in [-0.2, -0.15) is 0 Å². The second-order valence-corrected chi connectivity index (χ2v) is 5.94. The summed E-state index contributed by atoms with van der Waals surface area (Å²) in [5.74, 6) is -0.283. The van der Waals surface area contributed by atoms with Gasteiger partial charge in [0, 0.05) is 18.5 Å². The third-order valence-electron chi connectivity index (χ3n) is 4.79. The number of fused-ring (bicyclic) bond motifs is 1. The molecule has 114 valence electrons. The van der Waals surface area contributed by atoms with Gasteiger partial charge in [0.2, 0.25) is 0 Å². The van der Waals surface area contributed by atoms with Gasteiger partial charge in [-0.3, -0.25) is 9.69 Å². The number of carboxylic acid groups (broad SMARTS) is 1. The molecular formula is C16H20FNO3. The molecule has 21 heavy (non-hydrogen) atoms. The van der Waals surface area contributed by atoms with Gasteiger partial charge in [-0.25, -0.2) is 4.39 Å². The molecule has 4 nitrogen and oxygen atoms in total. The Morgan fingerprint density at radius 1 is 1.57 bits per heavy atom. The van der Waals surface area contributed by atoms with Gasteiger partial charge >= 0.3 is 5.97 Å². The first-order chi connectivity index (χ1) is 10.0. The highest BCUT2D eigenvalue weighted by Crippen LogP contribution is 2.35. The van der Waals surface area contributed by atoms with Crippen LogP contribution in [0.2, 0.25) is 0 Å². The van der Waals surface area contributed by atoms with Crippen molar-refractivity contribution >= 4 is 5.97 Å². The Balaban J connectivity index is 1.72. The number of likely N-dealkylation sites (tertiary alicyclic amines) is 1. The predicted molar refractivity (Wildman–Crippen MR) is 76.0 cm³/mol. The van der Waals surface area contributed by atoms with E-state index in [9.17, 15) is 14.3 Å². The maximum atomic E-state index is 13.2. The highest BCUT2D eigenvalue weighted by atomic mass is 19.1. The first-order valence-electron chi connectivity index (χ1n) is 7.48. The second-order valence-electron chi connectivity index (χ2n) is 5.94. The van der Waals surface area contributed by atoms with E-state index in [0.717, 1.165) is 24.3 Å². The van der Waals surface area contributed by atoms with E-state index in [4.69, 9.17) is 4.74 Å². The second kappa shape index (κ2) is 5.30. The number of hydrogen-bond acceptors (Lipinski definition) is 3. The van der Waals surface area contributed by atoms with E-state index in [1.165, 1.54) is 12.1 Å². The Labute approximate surface area is 123 Å². The van der Waals surface area contributed by atoms with Crippen LogP contribution in [0.4, 0.5) is 4.39 Å². The summed E-state index contributed by atoms with van der Waals surface area (Å²) in [6.07, 6.45) is 2.73. The predicted octanol–water partition coefficient (Wildman–Crippen LogP) is 2.46. The van der Waals surface area contributed by atoms with E-state index >= 15 is 0 Å². The summed E-state index contributed by atoms with van der Waals surface area (Å²) in [6.45, 7) is 3.28. The molecule has 0 saturated carbocycles. The molecule has 0 amide bonds. The van der Waals surface area contributed by atoms with Crippen LogP contribution in [-0.4, -0.2) is 40.7 Å². The number of carbonyl (C=O) groups is 1.